The summed E-state index contributed by atoms with van der Waals surface area (Å²) in [7, 11) is 0. The van der Waals surface area contributed by atoms with Crippen molar-refractivity contribution < 1.29 is 14.4 Å². The normalized spacial score (nSPS) is 19.8. The van der Waals surface area contributed by atoms with Crippen LogP contribution in [0.5, 0.6) is 0 Å². The van der Waals surface area contributed by atoms with Gasteiger partial charge in [-0.25, -0.2) is 4.79 Å². The highest BCUT2D eigenvalue weighted by molar-refractivity contribution is 5.85. The number of amides is 4. The quantitative estimate of drug-likeness (QED) is 0.828. The molecule has 2 heterocycles. The summed E-state index contributed by atoms with van der Waals surface area (Å²) in [5.74, 6) is -0.224. The minimum absolute atomic E-state index is 0.0449. The fraction of sp³-hybridized carbons (Fsp3) is 0.824. The van der Waals surface area contributed by atoms with Crippen molar-refractivity contribution in [3.05, 3.63) is 0 Å². The van der Waals surface area contributed by atoms with Crippen molar-refractivity contribution in [1.29, 1.82) is 0 Å². The molecule has 4 amide bonds. The molecule has 0 saturated carbocycles. The van der Waals surface area contributed by atoms with Crippen LogP contribution in [0.15, 0.2) is 0 Å². The molecule has 2 aliphatic rings. The number of carbonyl (C=O) groups is 3. The van der Waals surface area contributed by atoms with Crippen LogP contribution in [0.25, 0.3) is 0 Å². The molecule has 0 spiro atoms. The zero-order valence-corrected chi connectivity index (χ0v) is 14.9. The van der Waals surface area contributed by atoms with Crippen molar-refractivity contribution in [3.63, 3.8) is 0 Å². The molecule has 24 heavy (non-hydrogen) atoms. The predicted molar refractivity (Wildman–Crippen MR) is 91.4 cm³/mol. The number of urea groups is 1. The third-order valence-electron chi connectivity index (χ3n) is 5.00. The van der Waals surface area contributed by atoms with Crippen molar-refractivity contribution in [2.24, 2.45) is 5.92 Å². The van der Waals surface area contributed by atoms with Crippen LogP contribution in [0.1, 0.15) is 39.5 Å². The van der Waals surface area contributed by atoms with E-state index in [1.165, 1.54) is 6.42 Å². The van der Waals surface area contributed by atoms with Gasteiger partial charge >= 0.3 is 6.03 Å². The summed E-state index contributed by atoms with van der Waals surface area (Å²) < 4.78 is 0. The van der Waals surface area contributed by atoms with E-state index in [2.05, 4.69) is 5.32 Å². The van der Waals surface area contributed by atoms with E-state index in [1.807, 2.05) is 23.6 Å². The molecule has 2 saturated heterocycles. The highest BCUT2D eigenvalue weighted by Gasteiger charge is 2.27. The van der Waals surface area contributed by atoms with E-state index in [0.717, 1.165) is 32.4 Å². The van der Waals surface area contributed by atoms with Gasteiger partial charge in [0.25, 0.3) is 0 Å². The molecule has 0 bridgehead atoms. The highest BCUT2D eigenvalue weighted by Crippen LogP contribution is 2.13. The molecule has 0 aromatic heterocycles. The van der Waals surface area contributed by atoms with Crippen molar-refractivity contribution in [2.45, 2.75) is 39.5 Å². The van der Waals surface area contributed by atoms with Crippen LogP contribution in [0, 0.1) is 5.92 Å². The van der Waals surface area contributed by atoms with E-state index in [9.17, 15) is 14.4 Å². The van der Waals surface area contributed by atoms with Gasteiger partial charge in [0.15, 0.2) is 0 Å². The molecule has 136 valence electrons. The smallest absolute Gasteiger partial charge is 0.320 e. The summed E-state index contributed by atoms with van der Waals surface area (Å²) in [5, 5.41) is 2.70. The Kier molecular flexibility index (Phi) is 6.87. The number of nitrogens with zero attached hydrogens (tertiary/aromatic N) is 3. The molecule has 1 atom stereocenters. The summed E-state index contributed by atoms with van der Waals surface area (Å²) in [5.41, 5.74) is 0. The van der Waals surface area contributed by atoms with Crippen LogP contribution in [0.3, 0.4) is 0 Å². The Hall–Kier alpha value is -1.79. The van der Waals surface area contributed by atoms with Crippen molar-refractivity contribution in [3.8, 4) is 0 Å². The first-order chi connectivity index (χ1) is 11.5. The lowest BCUT2D eigenvalue weighted by Crippen LogP contribution is -2.56. The van der Waals surface area contributed by atoms with Crippen LogP contribution in [-0.4, -0.2) is 78.4 Å². The fourth-order valence-electron chi connectivity index (χ4n) is 3.07. The molecule has 7 nitrogen and oxygen atoms in total. The molecule has 0 radical (unpaired) electrons. The molecule has 0 aromatic rings. The number of likely N-dealkylation sites (tertiary alicyclic amines) is 1. The number of nitrogens with one attached hydrogen (secondary N) is 1. The predicted octanol–water partition coefficient (Wildman–Crippen LogP) is 0.899. The van der Waals surface area contributed by atoms with Crippen LogP contribution in [0.4, 0.5) is 4.79 Å². The minimum atomic E-state index is -0.0789. The summed E-state index contributed by atoms with van der Waals surface area (Å²) >= 11 is 0. The lowest BCUT2D eigenvalue weighted by molar-refractivity contribution is -0.134. The number of rotatable bonds is 4. The van der Waals surface area contributed by atoms with E-state index in [-0.39, 0.29) is 30.3 Å². The number of piperidine rings is 1. The summed E-state index contributed by atoms with van der Waals surface area (Å²) in [6.45, 7) is 7.76. The zero-order valence-electron chi connectivity index (χ0n) is 14.9. The monoisotopic (exact) mass is 338 g/mol. The Labute approximate surface area is 144 Å². The van der Waals surface area contributed by atoms with E-state index in [4.69, 9.17) is 0 Å². The van der Waals surface area contributed by atoms with Gasteiger partial charge in [-0.2, -0.15) is 0 Å². The zero-order chi connectivity index (χ0) is 17.5. The summed E-state index contributed by atoms with van der Waals surface area (Å²) in [6, 6.07) is 0.104. The molecule has 2 rings (SSSR count). The Balaban J connectivity index is 1.72. The van der Waals surface area contributed by atoms with Gasteiger partial charge in [-0.1, -0.05) is 13.8 Å². The number of hydrogen-bond donors (Lipinski definition) is 1. The van der Waals surface area contributed by atoms with Gasteiger partial charge in [0.1, 0.15) is 0 Å². The number of carbonyl (C=O) groups excluding carboxylic acids is 3. The topological polar surface area (TPSA) is 73.0 Å². The van der Waals surface area contributed by atoms with Gasteiger partial charge in [0.05, 0.1) is 6.54 Å². The van der Waals surface area contributed by atoms with Gasteiger partial charge in [-0.3, -0.25) is 9.59 Å². The van der Waals surface area contributed by atoms with E-state index in [0.29, 0.717) is 26.2 Å². The Morgan fingerprint density at radius 1 is 0.875 bits per heavy atom. The second-order valence-corrected chi connectivity index (χ2v) is 6.73. The van der Waals surface area contributed by atoms with Gasteiger partial charge in [0.2, 0.25) is 11.8 Å². The molecule has 0 aliphatic carbocycles. The Morgan fingerprint density at radius 3 is 2.00 bits per heavy atom. The third-order valence-corrected chi connectivity index (χ3v) is 5.00. The average Bonchev–Trinajstić information content (AvgIpc) is 2.65. The Morgan fingerprint density at radius 2 is 1.42 bits per heavy atom. The van der Waals surface area contributed by atoms with E-state index >= 15 is 0 Å². The largest absolute Gasteiger partial charge is 0.347 e. The Bertz CT molecular complexity index is 455. The van der Waals surface area contributed by atoms with Crippen molar-refractivity contribution in [1.82, 2.24) is 20.0 Å². The molecule has 1 N–H and O–H groups in total. The molecular weight excluding hydrogens is 308 g/mol. The summed E-state index contributed by atoms with van der Waals surface area (Å²) in [4.78, 5) is 41.9. The first-order valence-electron chi connectivity index (χ1n) is 9.12. The van der Waals surface area contributed by atoms with Crippen LogP contribution in [-0.2, 0) is 9.59 Å². The van der Waals surface area contributed by atoms with Gasteiger partial charge in [-0.05, 0) is 25.7 Å². The summed E-state index contributed by atoms with van der Waals surface area (Å²) in [6.07, 6.45) is 4.13. The third kappa shape index (κ3) is 4.85. The van der Waals surface area contributed by atoms with Gasteiger partial charge in [-0.15, -0.1) is 0 Å². The minimum Gasteiger partial charge on any atom is -0.347 e. The average molecular weight is 338 g/mol. The van der Waals surface area contributed by atoms with Crippen LogP contribution < -0.4 is 5.32 Å². The first kappa shape index (κ1) is 18.5. The van der Waals surface area contributed by atoms with Crippen LogP contribution in [0.2, 0.25) is 0 Å². The van der Waals surface area contributed by atoms with Crippen LogP contribution >= 0.6 is 0 Å². The number of hydrogen-bond acceptors (Lipinski definition) is 3. The molecule has 2 aliphatic heterocycles. The highest BCUT2D eigenvalue weighted by atomic mass is 16.2. The standard InChI is InChI=1S/C17H30N4O3/c1-3-14(2)16(23)18-13-15(22)19-9-11-21(12-10-19)17(24)20-7-5-4-6-8-20/h14H,3-13H2,1-2H3,(H,18,23)/t14-/m1/s1. The first-order valence-corrected chi connectivity index (χ1v) is 9.12. The molecule has 7 heteroatoms. The second-order valence-electron chi connectivity index (χ2n) is 6.73. The van der Waals surface area contributed by atoms with E-state index < -0.39 is 0 Å². The fourth-order valence-corrected chi connectivity index (χ4v) is 3.07. The molecule has 0 unspecified atom stereocenters. The maximum atomic E-state index is 12.4. The molecule has 2 fully saturated rings. The van der Waals surface area contributed by atoms with Gasteiger partial charge in [0, 0.05) is 45.2 Å². The maximum Gasteiger partial charge on any atom is 0.320 e. The van der Waals surface area contributed by atoms with Gasteiger partial charge < -0.3 is 20.0 Å². The SMILES string of the molecule is CC[C@@H](C)C(=O)NCC(=O)N1CCN(C(=O)N2CCCCC2)CC1. The maximum absolute atomic E-state index is 12.4. The van der Waals surface area contributed by atoms with Crippen molar-refractivity contribution >= 4 is 17.8 Å². The molecular formula is C17H30N4O3. The lowest BCUT2D eigenvalue weighted by atomic mass is 10.1. The second kappa shape index (κ2) is 8.89. The number of piperazine rings is 1. The van der Waals surface area contributed by atoms with Crippen molar-refractivity contribution in [2.75, 3.05) is 45.8 Å². The lowest BCUT2D eigenvalue weighted by Gasteiger charge is -2.38. The molecule has 0 aromatic carbocycles. The van der Waals surface area contributed by atoms with E-state index in [1.54, 1.807) is 4.90 Å².